The van der Waals surface area contributed by atoms with E-state index in [1.54, 1.807) is 4.90 Å². The predicted molar refractivity (Wildman–Crippen MR) is 140 cm³/mol. The van der Waals surface area contributed by atoms with E-state index in [9.17, 15) is 9.59 Å². The summed E-state index contributed by atoms with van der Waals surface area (Å²) >= 11 is 1.52. The van der Waals surface area contributed by atoms with Crippen molar-refractivity contribution >= 4 is 28.9 Å². The van der Waals surface area contributed by atoms with Gasteiger partial charge in [-0.2, -0.15) is 0 Å². The molecule has 2 aromatic carbocycles. The molecule has 6 rings (SSSR count). The Morgan fingerprint density at radius 2 is 1.66 bits per heavy atom. The third-order valence-electron chi connectivity index (χ3n) is 7.60. The van der Waals surface area contributed by atoms with Crippen molar-refractivity contribution < 1.29 is 18.8 Å². The molecule has 3 saturated heterocycles. The zero-order chi connectivity index (χ0) is 24.1. The van der Waals surface area contributed by atoms with E-state index in [1.807, 2.05) is 78.2 Å². The van der Waals surface area contributed by atoms with Gasteiger partial charge in [0.2, 0.25) is 0 Å². The molecule has 0 N–H and O–H groups in total. The number of piperidine rings is 3. The van der Waals surface area contributed by atoms with E-state index in [-0.39, 0.29) is 18.0 Å². The molecular formula is C29H33N2O3S+. The molecular weight excluding hydrogens is 456 g/mol. The molecule has 0 aliphatic carbocycles. The Bertz CT molecular complexity index is 1110. The van der Waals surface area contributed by atoms with E-state index in [0.29, 0.717) is 18.9 Å². The lowest BCUT2D eigenvalue weighted by Crippen LogP contribution is -2.65. The molecule has 2 bridgehead atoms. The van der Waals surface area contributed by atoms with Crippen molar-refractivity contribution in [2.24, 2.45) is 5.92 Å². The molecule has 1 amide bonds. The van der Waals surface area contributed by atoms with E-state index in [1.165, 1.54) is 11.3 Å². The van der Waals surface area contributed by atoms with Crippen molar-refractivity contribution in [3.63, 3.8) is 0 Å². The molecule has 35 heavy (non-hydrogen) atoms. The number of para-hydroxylation sites is 1. The van der Waals surface area contributed by atoms with Crippen molar-refractivity contribution in [3.05, 3.63) is 88.6 Å². The number of ketones is 1. The summed E-state index contributed by atoms with van der Waals surface area (Å²) in [7, 11) is 0. The summed E-state index contributed by atoms with van der Waals surface area (Å²) < 4.78 is 7.20. The lowest BCUT2D eigenvalue weighted by molar-refractivity contribution is -0.946. The second-order valence-corrected chi connectivity index (χ2v) is 10.8. The molecule has 0 unspecified atom stereocenters. The first-order valence-corrected chi connectivity index (χ1v) is 13.5. The third-order valence-corrected chi connectivity index (χ3v) is 8.51. The average molecular weight is 490 g/mol. The largest absolute Gasteiger partial charge is 0.440 e. The smallest absolute Gasteiger partial charge is 0.415 e. The summed E-state index contributed by atoms with van der Waals surface area (Å²) in [6.45, 7) is 4.56. The first kappa shape index (κ1) is 23.8. The van der Waals surface area contributed by atoms with Crippen molar-refractivity contribution in [3.8, 4) is 0 Å². The van der Waals surface area contributed by atoms with Gasteiger partial charge in [0.05, 0.1) is 31.1 Å². The van der Waals surface area contributed by atoms with E-state index in [2.05, 4.69) is 0 Å². The average Bonchev–Trinajstić information content (AvgIpc) is 3.44. The van der Waals surface area contributed by atoms with Gasteiger partial charge in [0, 0.05) is 37.3 Å². The van der Waals surface area contributed by atoms with Gasteiger partial charge in [0.15, 0.2) is 11.9 Å². The number of hydrogen-bond donors (Lipinski definition) is 0. The molecule has 1 atom stereocenters. The number of benzene rings is 2. The number of carbonyl (C=O) groups excluding carboxylic acids is 2. The minimum Gasteiger partial charge on any atom is -0.440 e. The number of rotatable bonds is 9. The molecule has 3 aliphatic rings. The fourth-order valence-electron chi connectivity index (χ4n) is 5.63. The van der Waals surface area contributed by atoms with Gasteiger partial charge in [-0.3, -0.25) is 9.69 Å². The van der Waals surface area contributed by atoms with Crippen LogP contribution in [0.1, 0.15) is 40.9 Å². The van der Waals surface area contributed by atoms with E-state index >= 15 is 0 Å². The van der Waals surface area contributed by atoms with Crippen LogP contribution in [0, 0.1) is 5.92 Å². The summed E-state index contributed by atoms with van der Waals surface area (Å²) in [5, 5.41) is 1.96. The topological polar surface area (TPSA) is 46.6 Å². The number of fused-ring (bicyclic) bond motifs is 3. The Balaban J connectivity index is 1.23. The number of anilines is 1. The second kappa shape index (κ2) is 10.8. The summed E-state index contributed by atoms with van der Waals surface area (Å²) in [6, 6.07) is 23.7. The van der Waals surface area contributed by atoms with Crippen molar-refractivity contribution in [1.82, 2.24) is 0 Å². The lowest BCUT2D eigenvalue weighted by atomic mass is 9.83. The summed E-state index contributed by atoms with van der Waals surface area (Å²) in [6.07, 6.45) is 3.30. The van der Waals surface area contributed by atoms with Gasteiger partial charge in [-0.25, -0.2) is 4.79 Å². The standard InChI is InChI=1S/C29H33N2O3S/c32-26(28-14-8-20-35-28)13-7-17-31-18-15-24(16-19-31)27(22-31)34-29(33)30(25-11-5-2-6-12-25)21-23-9-3-1-4-10-23/h1-6,8-12,14,20,24,27H,7,13,15-19,21-22H2/q+1/t24?,27-,31?/m0/s1. The highest BCUT2D eigenvalue weighted by Crippen LogP contribution is 2.36. The minimum atomic E-state index is -0.273. The highest BCUT2D eigenvalue weighted by atomic mass is 32.1. The van der Waals surface area contributed by atoms with Crippen molar-refractivity contribution in [1.29, 1.82) is 0 Å². The van der Waals surface area contributed by atoms with Gasteiger partial charge in [0.1, 0.15) is 6.54 Å². The minimum absolute atomic E-state index is 0.0695. The van der Waals surface area contributed by atoms with Crippen molar-refractivity contribution in [2.45, 2.75) is 38.3 Å². The molecule has 3 fully saturated rings. The quantitative estimate of drug-likeness (QED) is 0.267. The van der Waals surface area contributed by atoms with Crippen LogP contribution in [0.25, 0.3) is 0 Å². The number of thiophene rings is 1. The van der Waals surface area contributed by atoms with Crippen LogP contribution >= 0.6 is 11.3 Å². The first-order chi connectivity index (χ1) is 17.1. The van der Waals surface area contributed by atoms with E-state index in [0.717, 1.165) is 66.1 Å². The van der Waals surface area contributed by atoms with Crippen LogP contribution in [0.4, 0.5) is 10.5 Å². The molecule has 0 spiro atoms. The van der Waals surface area contributed by atoms with E-state index < -0.39 is 0 Å². The van der Waals surface area contributed by atoms with Crippen LogP contribution in [0.2, 0.25) is 0 Å². The Morgan fingerprint density at radius 1 is 0.943 bits per heavy atom. The van der Waals surface area contributed by atoms with E-state index in [4.69, 9.17) is 4.74 Å². The van der Waals surface area contributed by atoms with Crippen LogP contribution in [0.5, 0.6) is 0 Å². The fraction of sp³-hybridized carbons (Fsp3) is 0.379. The first-order valence-electron chi connectivity index (χ1n) is 12.6. The van der Waals surface area contributed by atoms with Gasteiger partial charge in [-0.15, -0.1) is 11.3 Å². The number of ether oxygens (including phenoxy) is 1. The number of hydrogen-bond acceptors (Lipinski definition) is 4. The maximum atomic E-state index is 13.5. The van der Waals surface area contributed by atoms with Crippen molar-refractivity contribution in [2.75, 3.05) is 31.1 Å². The van der Waals surface area contributed by atoms with Gasteiger partial charge in [0.25, 0.3) is 0 Å². The molecule has 1 aromatic heterocycles. The SMILES string of the molecule is O=C(CCC[N+]12CCC(CC1)[C@@H](OC(=O)N(Cc1ccccc1)c1ccccc1)C2)c1cccs1. The Labute approximate surface area is 211 Å². The molecule has 3 aromatic rings. The zero-order valence-corrected chi connectivity index (χ0v) is 20.9. The maximum absolute atomic E-state index is 13.5. The number of Topliss-reactive ketones (excluding diaryl/α,β-unsaturated/α-hetero) is 1. The number of nitrogens with zero attached hydrogens (tertiary/aromatic N) is 2. The van der Waals surface area contributed by atoms with Crippen LogP contribution in [-0.4, -0.2) is 48.6 Å². The van der Waals surface area contributed by atoms with Crippen LogP contribution in [0.15, 0.2) is 78.2 Å². The number of amides is 1. The molecule has 3 aliphatic heterocycles. The van der Waals surface area contributed by atoms with Gasteiger partial charge in [-0.05, 0) is 29.1 Å². The number of quaternary nitrogens is 1. The lowest BCUT2D eigenvalue weighted by Gasteiger charge is -2.52. The zero-order valence-electron chi connectivity index (χ0n) is 20.1. The molecule has 4 heterocycles. The van der Waals surface area contributed by atoms with Crippen LogP contribution in [0.3, 0.4) is 0 Å². The molecule has 5 nitrogen and oxygen atoms in total. The summed E-state index contributed by atoms with van der Waals surface area (Å²) in [5.41, 5.74) is 1.92. The van der Waals surface area contributed by atoms with Crippen LogP contribution in [-0.2, 0) is 11.3 Å². The van der Waals surface area contributed by atoms with Gasteiger partial charge >= 0.3 is 6.09 Å². The molecule has 6 heteroatoms. The predicted octanol–water partition coefficient (Wildman–Crippen LogP) is 6.16. The highest BCUT2D eigenvalue weighted by Gasteiger charge is 2.47. The van der Waals surface area contributed by atoms with Gasteiger partial charge < -0.3 is 9.22 Å². The molecule has 0 saturated carbocycles. The second-order valence-electron chi connectivity index (χ2n) is 9.87. The maximum Gasteiger partial charge on any atom is 0.415 e. The Kier molecular flexibility index (Phi) is 7.30. The monoisotopic (exact) mass is 489 g/mol. The highest BCUT2D eigenvalue weighted by molar-refractivity contribution is 7.12. The number of carbonyl (C=O) groups is 2. The third kappa shape index (κ3) is 5.65. The summed E-state index contributed by atoms with van der Waals surface area (Å²) in [5.74, 6) is 0.675. The van der Waals surface area contributed by atoms with Gasteiger partial charge in [-0.1, -0.05) is 54.6 Å². The molecule has 0 radical (unpaired) electrons. The molecule has 182 valence electrons. The fourth-order valence-corrected chi connectivity index (χ4v) is 6.33. The Morgan fingerprint density at radius 3 is 2.34 bits per heavy atom. The normalized spacial score (nSPS) is 23.1. The van der Waals surface area contributed by atoms with Crippen LogP contribution < -0.4 is 4.90 Å². The summed E-state index contributed by atoms with van der Waals surface area (Å²) in [4.78, 5) is 28.5. The Hall–Kier alpha value is -2.96.